The van der Waals surface area contributed by atoms with E-state index < -0.39 is 0 Å². The second kappa shape index (κ2) is 6.28. The van der Waals surface area contributed by atoms with Gasteiger partial charge in [0.15, 0.2) is 0 Å². The molecule has 3 nitrogen and oxygen atoms in total. The third-order valence-electron chi connectivity index (χ3n) is 5.52. The Morgan fingerprint density at radius 2 is 1.50 bits per heavy atom. The first-order valence-electron chi connectivity index (χ1n) is 8.01. The summed E-state index contributed by atoms with van der Waals surface area (Å²) in [6.45, 7) is 20.5. The molecule has 1 heterocycles. The molecule has 1 rings (SSSR count). The largest absolute Gasteiger partial charge is 0.246 e. The van der Waals surface area contributed by atoms with Crippen molar-refractivity contribution in [3.8, 4) is 0 Å². The maximum Gasteiger partial charge on any atom is 0.0858 e. The molecule has 1 aromatic heterocycles. The molecule has 3 unspecified atom stereocenters. The molecule has 3 atom stereocenters. The van der Waals surface area contributed by atoms with Gasteiger partial charge in [0.1, 0.15) is 0 Å². The van der Waals surface area contributed by atoms with Gasteiger partial charge in [0, 0.05) is 12.1 Å². The first-order valence-corrected chi connectivity index (χ1v) is 8.01. The van der Waals surface area contributed by atoms with Crippen LogP contribution in [0.2, 0.25) is 0 Å². The van der Waals surface area contributed by atoms with E-state index in [1.807, 2.05) is 0 Å². The fourth-order valence-electron chi connectivity index (χ4n) is 2.64. The summed E-state index contributed by atoms with van der Waals surface area (Å²) in [7, 11) is 0. The van der Waals surface area contributed by atoms with Gasteiger partial charge in [-0.2, -0.15) is 0 Å². The van der Waals surface area contributed by atoms with Gasteiger partial charge < -0.3 is 0 Å². The van der Waals surface area contributed by atoms with Crippen LogP contribution in [0.5, 0.6) is 0 Å². The molecule has 0 spiro atoms. The molecular formula is C17H33N3. The van der Waals surface area contributed by atoms with Crippen molar-refractivity contribution >= 4 is 0 Å². The minimum atomic E-state index is 0.000204. The zero-order valence-corrected chi connectivity index (χ0v) is 14.8. The number of hydrogen-bond acceptors (Lipinski definition) is 2. The number of rotatable bonds is 6. The van der Waals surface area contributed by atoms with Crippen molar-refractivity contribution < 1.29 is 0 Å². The number of nitrogens with zero attached hydrogens (tertiary/aromatic N) is 3. The lowest BCUT2D eigenvalue weighted by Crippen LogP contribution is -2.37. The van der Waals surface area contributed by atoms with Gasteiger partial charge in [0.25, 0.3) is 0 Å². The van der Waals surface area contributed by atoms with Crippen molar-refractivity contribution in [1.29, 1.82) is 0 Å². The van der Waals surface area contributed by atoms with Crippen LogP contribution in [0, 0.1) is 23.7 Å². The van der Waals surface area contributed by atoms with Crippen molar-refractivity contribution in [2.75, 3.05) is 0 Å². The molecule has 0 amide bonds. The van der Waals surface area contributed by atoms with Crippen LogP contribution in [-0.2, 0) is 5.54 Å². The summed E-state index contributed by atoms with van der Waals surface area (Å²) in [5.74, 6) is 2.91. The van der Waals surface area contributed by atoms with Crippen molar-refractivity contribution in [2.24, 2.45) is 23.7 Å². The molecule has 0 aliphatic heterocycles. The van der Waals surface area contributed by atoms with Gasteiger partial charge in [-0.15, -0.1) is 5.10 Å². The molecule has 0 N–H and O–H groups in total. The van der Waals surface area contributed by atoms with Crippen LogP contribution in [0.15, 0.2) is 6.20 Å². The number of aromatic nitrogens is 3. The minimum absolute atomic E-state index is 0.000204. The molecule has 0 aromatic carbocycles. The highest BCUT2D eigenvalue weighted by atomic mass is 15.4. The lowest BCUT2D eigenvalue weighted by Gasteiger charge is -2.34. The molecule has 20 heavy (non-hydrogen) atoms. The average molecular weight is 279 g/mol. The summed E-state index contributed by atoms with van der Waals surface area (Å²) in [6.07, 6.45) is 2.16. The van der Waals surface area contributed by atoms with Crippen LogP contribution < -0.4 is 0 Å². The summed E-state index contributed by atoms with van der Waals surface area (Å²) < 4.78 is 2.07. The van der Waals surface area contributed by atoms with E-state index in [9.17, 15) is 0 Å². The van der Waals surface area contributed by atoms with Gasteiger partial charge in [-0.05, 0) is 37.5 Å². The Kier molecular flexibility index (Phi) is 5.39. The van der Waals surface area contributed by atoms with Crippen molar-refractivity contribution in [1.82, 2.24) is 15.0 Å². The molecule has 0 saturated heterocycles. The van der Waals surface area contributed by atoms with Gasteiger partial charge in [0.2, 0.25) is 0 Å². The SMILES string of the molecule is CC(C)C(C)C(C)c1cn(C(C)(C)C(C)C(C)C)nn1. The molecule has 116 valence electrons. The van der Waals surface area contributed by atoms with Crippen molar-refractivity contribution in [3.63, 3.8) is 0 Å². The molecule has 0 saturated carbocycles. The van der Waals surface area contributed by atoms with Crippen molar-refractivity contribution in [3.05, 3.63) is 11.9 Å². The summed E-state index contributed by atoms with van der Waals surface area (Å²) >= 11 is 0. The first kappa shape index (κ1) is 17.2. The van der Waals surface area contributed by atoms with E-state index in [4.69, 9.17) is 0 Å². The molecule has 3 heteroatoms. The monoisotopic (exact) mass is 279 g/mol. The van der Waals surface area contributed by atoms with Crippen LogP contribution >= 0.6 is 0 Å². The lowest BCUT2D eigenvalue weighted by molar-refractivity contribution is 0.160. The normalized spacial score (nSPS) is 17.6. The zero-order valence-electron chi connectivity index (χ0n) is 14.8. The third kappa shape index (κ3) is 3.42. The van der Waals surface area contributed by atoms with Gasteiger partial charge in [-0.1, -0.05) is 53.7 Å². The Morgan fingerprint density at radius 1 is 0.950 bits per heavy atom. The molecule has 0 fully saturated rings. The fraction of sp³-hybridized carbons (Fsp3) is 0.882. The summed E-state index contributed by atoms with van der Waals surface area (Å²) in [5.41, 5.74) is 1.12. The van der Waals surface area contributed by atoms with Gasteiger partial charge >= 0.3 is 0 Å². The Morgan fingerprint density at radius 3 is 1.95 bits per heavy atom. The molecule has 1 aromatic rings. The van der Waals surface area contributed by atoms with Crippen LogP contribution in [0.1, 0.15) is 73.9 Å². The van der Waals surface area contributed by atoms with E-state index in [-0.39, 0.29) is 5.54 Å². The van der Waals surface area contributed by atoms with E-state index in [1.165, 1.54) is 0 Å². The Hall–Kier alpha value is -0.860. The topological polar surface area (TPSA) is 30.7 Å². The standard InChI is InChI=1S/C17H33N3/c1-11(2)13(5)14(6)16-10-20(19-18-16)17(8,9)15(7)12(3)4/h10-15H,1-9H3. The predicted octanol–water partition coefficient (Wildman–Crippen LogP) is 4.70. The van der Waals surface area contributed by atoms with Crippen LogP contribution in [0.25, 0.3) is 0 Å². The highest BCUT2D eigenvalue weighted by Gasteiger charge is 2.32. The van der Waals surface area contributed by atoms with Crippen LogP contribution in [-0.4, -0.2) is 15.0 Å². The third-order valence-corrected chi connectivity index (χ3v) is 5.52. The quantitative estimate of drug-likeness (QED) is 0.755. The van der Waals surface area contributed by atoms with Gasteiger partial charge in [0.05, 0.1) is 11.2 Å². The van der Waals surface area contributed by atoms with Crippen LogP contribution in [0.4, 0.5) is 0 Å². The van der Waals surface area contributed by atoms with E-state index in [0.29, 0.717) is 29.6 Å². The molecular weight excluding hydrogens is 246 g/mol. The predicted molar refractivity (Wildman–Crippen MR) is 85.8 cm³/mol. The van der Waals surface area contributed by atoms with E-state index in [0.717, 1.165) is 5.69 Å². The van der Waals surface area contributed by atoms with Crippen molar-refractivity contribution in [2.45, 2.75) is 73.8 Å². The Labute approximate surface area is 125 Å². The fourth-order valence-corrected chi connectivity index (χ4v) is 2.64. The summed E-state index contributed by atoms with van der Waals surface area (Å²) in [4.78, 5) is 0. The highest BCUT2D eigenvalue weighted by molar-refractivity contribution is 5.04. The van der Waals surface area contributed by atoms with E-state index in [1.54, 1.807) is 0 Å². The summed E-state index contributed by atoms with van der Waals surface area (Å²) in [5, 5.41) is 8.86. The first-order chi connectivity index (χ1) is 9.09. The Bertz CT molecular complexity index is 418. The lowest BCUT2D eigenvalue weighted by atomic mass is 9.81. The zero-order chi connectivity index (χ0) is 15.7. The molecule has 0 aliphatic carbocycles. The van der Waals surface area contributed by atoms with Gasteiger partial charge in [-0.3, -0.25) is 0 Å². The maximum atomic E-state index is 4.44. The van der Waals surface area contributed by atoms with Gasteiger partial charge in [-0.25, -0.2) is 4.68 Å². The second-order valence-electron chi connectivity index (χ2n) is 7.67. The minimum Gasteiger partial charge on any atom is -0.246 e. The van der Waals surface area contributed by atoms with E-state index in [2.05, 4.69) is 83.5 Å². The summed E-state index contributed by atoms with van der Waals surface area (Å²) in [6, 6.07) is 0. The maximum absolute atomic E-state index is 4.44. The molecule has 0 bridgehead atoms. The molecule has 0 aliphatic rings. The molecule has 0 radical (unpaired) electrons. The number of hydrogen-bond donors (Lipinski definition) is 0. The van der Waals surface area contributed by atoms with Crippen LogP contribution in [0.3, 0.4) is 0 Å². The highest BCUT2D eigenvalue weighted by Crippen LogP contribution is 2.33. The Balaban J connectivity index is 2.97. The smallest absolute Gasteiger partial charge is 0.0858 e. The average Bonchev–Trinajstić information content (AvgIpc) is 2.85. The van der Waals surface area contributed by atoms with E-state index >= 15 is 0 Å². The second-order valence-corrected chi connectivity index (χ2v) is 7.67.